The van der Waals surface area contributed by atoms with E-state index in [0.29, 0.717) is 15.0 Å². The molecule has 0 saturated heterocycles. The lowest BCUT2D eigenvalue weighted by molar-refractivity contribution is 0.0698. The fraction of sp³-hybridized carbons (Fsp3) is 0.200. The molecule has 0 bridgehead atoms. The van der Waals surface area contributed by atoms with Crippen LogP contribution in [0.5, 0.6) is 0 Å². The molecule has 1 aromatic heterocycles. The summed E-state index contributed by atoms with van der Waals surface area (Å²) >= 11 is 4.64. The van der Waals surface area contributed by atoms with Crippen LogP contribution in [0.1, 0.15) is 37.4 Å². The maximum Gasteiger partial charge on any atom is 0.337 e. The first-order valence-electron chi connectivity index (χ1n) is 6.36. The van der Waals surface area contributed by atoms with Crippen molar-refractivity contribution in [1.82, 2.24) is 0 Å². The van der Waals surface area contributed by atoms with Gasteiger partial charge in [0.1, 0.15) is 0 Å². The van der Waals surface area contributed by atoms with Gasteiger partial charge >= 0.3 is 5.97 Å². The quantitative estimate of drug-likeness (QED) is 0.844. The Balaban J connectivity index is 2.29. The molecule has 110 valence electrons. The highest BCUT2D eigenvalue weighted by Gasteiger charge is 2.16. The van der Waals surface area contributed by atoms with E-state index in [2.05, 4.69) is 21.2 Å². The van der Waals surface area contributed by atoms with E-state index < -0.39 is 5.97 Å². The number of carbonyl (C=O) groups excluding carboxylic acids is 1. The van der Waals surface area contributed by atoms with Crippen LogP contribution in [-0.4, -0.2) is 17.0 Å². The Morgan fingerprint density at radius 3 is 2.62 bits per heavy atom. The zero-order chi connectivity index (χ0) is 15.6. The Morgan fingerprint density at radius 1 is 1.33 bits per heavy atom. The molecule has 2 N–H and O–H groups in total. The van der Waals surface area contributed by atoms with Crippen LogP contribution in [0.25, 0.3) is 0 Å². The molecule has 4 nitrogen and oxygen atoms in total. The first-order valence-corrected chi connectivity index (χ1v) is 7.96. The molecular weight excluding hydrogens is 354 g/mol. The van der Waals surface area contributed by atoms with Crippen LogP contribution in [0.15, 0.2) is 28.7 Å². The number of rotatable bonds is 4. The summed E-state index contributed by atoms with van der Waals surface area (Å²) in [7, 11) is 0. The number of hydrogen-bond acceptors (Lipinski definition) is 3. The highest BCUT2D eigenvalue weighted by Crippen LogP contribution is 2.25. The zero-order valence-electron chi connectivity index (χ0n) is 11.6. The molecule has 0 fully saturated rings. The zero-order valence-corrected chi connectivity index (χ0v) is 14.0. The van der Waals surface area contributed by atoms with Gasteiger partial charge in [0.25, 0.3) is 5.91 Å². The molecule has 0 radical (unpaired) electrons. The Morgan fingerprint density at radius 2 is 2.05 bits per heavy atom. The number of thiophene rings is 1. The Labute approximate surface area is 134 Å². The molecule has 2 aromatic rings. The number of benzene rings is 1. The van der Waals surface area contributed by atoms with Gasteiger partial charge in [-0.25, -0.2) is 4.79 Å². The Bertz CT molecular complexity index is 709. The lowest BCUT2D eigenvalue weighted by Crippen LogP contribution is -2.13. The van der Waals surface area contributed by atoms with E-state index in [1.807, 2.05) is 19.9 Å². The van der Waals surface area contributed by atoms with Crippen LogP contribution < -0.4 is 5.32 Å². The number of halogens is 1. The van der Waals surface area contributed by atoms with Crippen molar-refractivity contribution in [1.29, 1.82) is 0 Å². The van der Waals surface area contributed by atoms with Crippen molar-refractivity contribution in [2.45, 2.75) is 20.3 Å². The third-order valence-corrected chi connectivity index (χ3v) is 4.67. The monoisotopic (exact) mass is 367 g/mol. The van der Waals surface area contributed by atoms with Gasteiger partial charge in [0.2, 0.25) is 0 Å². The first-order chi connectivity index (χ1) is 9.92. The minimum absolute atomic E-state index is 0.0571. The highest BCUT2D eigenvalue weighted by atomic mass is 79.9. The molecule has 0 aliphatic carbocycles. The third kappa shape index (κ3) is 3.51. The van der Waals surface area contributed by atoms with Crippen LogP contribution in [0.2, 0.25) is 0 Å². The first kappa shape index (κ1) is 15.7. The summed E-state index contributed by atoms with van der Waals surface area (Å²) in [5.41, 5.74) is 1.49. The van der Waals surface area contributed by atoms with Gasteiger partial charge in [0.15, 0.2) is 0 Å². The fourth-order valence-electron chi connectivity index (χ4n) is 1.97. The number of carbonyl (C=O) groups is 2. The van der Waals surface area contributed by atoms with Crippen molar-refractivity contribution in [3.63, 3.8) is 0 Å². The maximum atomic E-state index is 12.2. The second-order valence-electron chi connectivity index (χ2n) is 4.49. The smallest absolute Gasteiger partial charge is 0.337 e. The summed E-state index contributed by atoms with van der Waals surface area (Å²) in [5.74, 6) is -1.36. The van der Waals surface area contributed by atoms with Crippen LogP contribution in [0.4, 0.5) is 5.69 Å². The lowest BCUT2D eigenvalue weighted by Gasteiger charge is -2.07. The van der Waals surface area contributed by atoms with Gasteiger partial charge in [-0.05, 0) is 43.2 Å². The average Bonchev–Trinajstić information content (AvgIpc) is 2.81. The van der Waals surface area contributed by atoms with E-state index in [0.717, 1.165) is 16.9 Å². The van der Waals surface area contributed by atoms with E-state index in [4.69, 9.17) is 0 Å². The number of carboxylic acid groups (broad SMARTS) is 1. The van der Waals surface area contributed by atoms with Crippen molar-refractivity contribution in [2.24, 2.45) is 0 Å². The summed E-state index contributed by atoms with van der Waals surface area (Å²) in [6.07, 6.45) is 0.869. The average molecular weight is 368 g/mol. The van der Waals surface area contributed by atoms with Gasteiger partial charge in [-0.3, -0.25) is 4.79 Å². The van der Waals surface area contributed by atoms with Crippen molar-refractivity contribution in [3.05, 3.63) is 49.6 Å². The third-order valence-electron chi connectivity index (χ3n) is 3.09. The molecule has 1 heterocycles. The largest absolute Gasteiger partial charge is 0.478 e. The van der Waals surface area contributed by atoms with Gasteiger partial charge < -0.3 is 10.4 Å². The van der Waals surface area contributed by atoms with Crippen molar-refractivity contribution in [3.8, 4) is 0 Å². The molecule has 2 rings (SSSR count). The van der Waals surface area contributed by atoms with E-state index in [1.165, 1.54) is 17.4 Å². The van der Waals surface area contributed by atoms with Crippen LogP contribution in [0, 0.1) is 6.92 Å². The normalized spacial score (nSPS) is 10.4. The van der Waals surface area contributed by atoms with Crippen LogP contribution in [0.3, 0.4) is 0 Å². The molecule has 6 heteroatoms. The molecule has 21 heavy (non-hydrogen) atoms. The summed E-state index contributed by atoms with van der Waals surface area (Å²) in [5, 5.41) is 11.9. The van der Waals surface area contributed by atoms with Gasteiger partial charge in [-0.2, -0.15) is 0 Å². The molecular formula is C15H14BrNO3S. The second kappa shape index (κ2) is 6.41. The summed E-state index contributed by atoms with van der Waals surface area (Å²) < 4.78 is 0.651. The number of aryl methyl sites for hydroxylation is 2. The molecule has 0 saturated carbocycles. The van der Waals surface area contributed by atoms with Crippen molar-refractivity contribution >= 4 is 44.8 Å². The Kier molecular flexibility index (Phi) is 4.80. The SMILES string of the molecule is CCc1cc(C(=O)Nc2ccc(Br)cc2C(=O)O)sc1C. The minimum Gasteiger partial charge on any atom is -0.478 e. The predicted molar refractivity (Wildman–Crippen MR) is 87.5 cm³/mol. The van der Waals surface area contributed by atoms with E-state index in [-0.39, 0.29) is 11.5 Å². The van der Waals surface area contributed by atoms with Gasteiger partial charge in [0.05, 0.1) is 16.1 Å². The summed E-state index contributed by atoms with van der Waals surface area (Å²) in [4.78, 5) is 25.2. The van der Waals surface area contributed by atoms with E-state index in [1.54, 1.807) is 12.1 Å². The Hall–Kier alpha value is -1.66. The number of hydrogen-bond donors (Lipinski definition) is 2. The molecule has 0 aliphatic rings. The molecule has 0 atom stereocenters. The lowest BCUT2D eigenvalue weighted by atomic mass is 10.1. The number of amides is 1. The van der Waals surface area contributed by atoms with Gasteiger partial charge in [0, 0.05) is 9.35 Å². The summed E-state index contributed by atoms with van der Waals surface area (Å²) in [6.45, 7) is 4.01. The van der Waals surface area contributed by atoms with Crippen molar-refractivity contribution in [2.75, 3.05) is 5.32 Å². The standard InChI is InChI=1S/C15H14BrNO3S/c1-3-9-6-13(21-8(9)2)14(18)17-12-5-4-10(16)7-11(12)15(19)20/h4-7H,3H2,1-2H3,(H,17,18)(H,19,20). The topological polar surface area (TPSA) is 66.4 Å². The maximum absolute atomic E-state index is 12.2. The van der Waals surface area contributed by atoms with Gasteiger partial charge in [-0.1, -0.05) is 22.9 Å². The number of anilines is 1. The van der Waals surface area contributed by atoms with Crippen LogP contribution >= 0.6 is 27.3 Å². The molecule has 0 unspecified atom stereocenters. The number of aromatic carboxylic acids is 1. The predicted octanol–water partition coefficient (Wildman–Crippen LogP) is 4.33. The molecule has 1 aromatic carbocycles. The van der Waals surface area contributed by atoms with Crippen molar-refractivity contribution < 1.29 is 14.7 Å². The molecule has 0 aliphatic heterocycles. The van der Waals surface area contributed by atoms with E-state index >= 15 is 0 Å². The van der Waals surface area contributed by atoms with E-state index in [9.17, 15) is 14.7 Å². The van der Waals surface area contributed by atoms with Crippen LogP contribution in [-0.2, 0) is 6.42 Å². The second-order valence-corrected chi connectivity index (χ2v) is 6.67. The molecule has 0 spiro atoms. The molecule has 1 amide bonds. The fourth-order valence-corrected chi connectivity index (χ4v) is 3.34. The highest BCUT2D eigenvalue weighted by molar-refractivity contribution is 9.10. The summed E-state index contributed by atoms with van der Waals surface area (Å²) in [6, 6.07) is 6.59. The van der Waals surface area contributed by atoms with Gasteiger partial charge in [-0.15, -0.1) is 11.3 Å². The number of nitrogens with one attached hydrogen (secondary N) is 1. The minimum atomic E-state index is -1.08. The number of carboxylic acids is 1.